The molecule has 1 aromatic carbocycles. The van der Waals surface area contributed by atoms with Gasteiger partial charge in [-0.1, -0.05) is 24.3 Å². The van der Waals surface area contributed by atoms with E-state index in [1.165, 1.54) is 12.1 Å². The second-order valence-electron chi connectivity index (χ2n) is 3.08. The summed E-state index contributed by atoms with van der Waals surface area (Å²) in [5.74, 6) is -0.235. The van der Waals surface area contributed by atoms with E-state index in [9.17, 15) is 9.18 Å². The maximum atomic E-state index is 13.6. The molecule has 0 unspecified atom stereocenters. The summed E-state index contributed by atoms with van der Waals surface area (Å²) in [6, 6.07) is 1.41. The van der Waals surface area contributed by atoms with Crippen LogP contribution in [0.15, 0.2) is 12.6 Å². The Labute approximate surface area is 98.7 Å². The molecule has 2 nitrogen and oxygen atoms in total. The number of rotatable bonds is 5. The van der Waals surface area contributed by atoms with Crippen LogP contribution in [-0.2, 0) is 11.2 Å². The molecule has 0 N–H and O–H groups in total. The molecule has 0 aromatic heterocycles. The Morgan fingerprint density at radius 1 is 1.62 bits per heavy atom. The molecule has 0 saturated heterocycles. The number of carbonyl (C=O) groups is 1. The van der Waals surface area contributed by atoms with E-state index in [0.29, 0.717) is 17.9 Å². The fourth-order valence-corrected chi connectivity index (χ4v) is 1.66. The molecular weight excluding hydrogens is 231 g/mol. The van der Waals surface area contributed by atoms with Crippen molar-refractivity contribution in [1.29, 1.82) is 0 Å². The predicted molar refractivity (Wildman–Crippen MR) is 62.4 cm³/mol. The highest BCUT2D eigenvalue weighted by Crippen LogP contribution is 2.32. The third-order valence-corrected chi connectivity index (χ3v) is 2.35. The van der Waals surface area contributed by atoms with E-state index in [2.05, 4.69) is 6.58 Å². The minimum absolute atomic E-state index is 0.0322. The average molecular weight is 243 g/mol. The van der Waals surface area contributed by atoms with Gasteiger partial charge in [0.1, 0.15) is 12.0 Å². The number of hydrogen-bond donors (Lipinski definition) is 0. The lowest BCUT2D eigenvalue weighted by Gasteiger charge is -2.13. The van der Waals surface area contributed by atoms with Crippen LogP contribution >= 0.6 is 11.6 Å². The predicted octanol–water partition coefficient (Wildman–Crippen LogP) is 3.26. The molecule has 0 saturated carbocycles. The van der Waals surface area contributed by atoms with Crippen molar-refractivity contribution in [1.82, 2.24) is 0 Å². The van der Waals surface area contributed by atoms with E-state index in [-0.39, 0.29) is 17.0 Å². The van der Waals surface area contributed by atoms with E-state index < -0.39 is 5.82 Å². The van der Waals surface area contributed by atoms with E-state index in [0.717, 1.165) is 6.29 Å². The molecule has 0 radical (unpaired) electrons. The second-order valence-corrected chi connectivity index (χ2v) is 3.49. The zero-order valence-electron chi connectivity index (χ0n) is 8.93. The molecule has 86 valence electrons. The molecule has 1 rings (SSSR count). The summed E-state index contributed by atoms with van der Waals surface area (Å²) in [5.41, 5.74) is 0.768. The highest BCUT2D eigenvalue weighted by atomic mass is 35.5. The number of aldehydes is 1. The van der Waals surface area contributed by atoms with Gasteiger partial charge < -0.3 is 9.53 Å². The van der Waals surface area contributed by atoms with Crippen LogP contribution in [0.25, 0.3) is 6.08 Å². The monoisotopic (exact) mass is 242 g/mol. The molecular formula is C12H12ClFO2. The van der Waals surface area contributed by atoms with Gasteiger partial charge in [-0.3, -0.25) is 0 Å². The molecule has 0 bridgehead atoms. The molecule has 0 atom stereocenters. The Kier molecular flexibility index (Phi) is 4.50. The van der Waals surface area contributed by atoms with E-state index in [4.69, 9.17) is 16.3 Å². The number of halogens is 2. The van der Waals surface area contributed by atoms with Crippen molar-refractivity contribution in [2.24, 2.45) is 0 Å². The Morgan fingerprint density at radius 2 is 2.31 bits per heavy atom. The average Bonchev–Trinajstić information content (AvgIpc) is 2.26. The van der Waals surface area contributed by atoms with Crippen molar-refractivity contribution in [2.75, 3.05) is 6.61 Å². The Bertz CT molecular complexity index is 416. The fourth-order valence-electron chi connectivity index (χ4n) is 1.42. The summed E-state index contributed by atoms with van der Waals surface area (Å²) < 4.78 is 19.0. The van der Waals surface area contributed by atoms with E-state index in [1.54, 1.807) is 6.92 Å². The van der Waals surface area contributed by atoms with Crippen molar-refractivity contribution >= 4 is 24.0 Å². The summed E-state index contributed by atoms with van der Waals surface area (Å²) >= 11 is 5.71. The van der Waals surface area contributed by atoms with Crippen LogP contribution in [0.2, 0.25) is 5.02 Å². The standard InChI is InChI=1S/C12H12ClFO2/c1-3-9-11(14)10(13)7-8(5-6-15)12(9)16-4-2/h3,6-7H,1,4-5H2,2H3. The van der Waals surface area contributed by atoms with Gasteiger partial charge in [0, 0.05) is 12.0 Å². The van der Waals surface area contributed by atoms with Gasteiger partial charge in [0.25, 0.3) is 0 Å². The van der Waals surface area contributed by atoms with E-state index in [1.807, 2.05) is 0 Å². The number of carbonyl (C=O) groups excluding carboxylic acids is 1. The minimum atomic E-state index is -0.574. The number of ether oxygens (including phenoxy) is 1. The summed E-state index contributed by atoms with van der Waals surface area (Å²) in [6.45, 7) is 5.67. The lowest BCUT2D eigenvalue weighted by molar-refractivity contribution is -0.107. The van der Waals surface area contributed by atoms with Crippen molar-refractivity contribution in [3.8, 4) is 5.75 Å². The van der Waals surface area contributed by atoms with Gasteiger partial charge in [-0.15, -0.1) is 0 Å². The summed E-state index contributed by atoms with van der Waals surface area (Å²) in [5, 5.41) is -0.0322. The fraction of sp³-hybridized carbons (Fsp3) is 0.250. The van der Waals surface area contributed by atoms with Gasteiger partial charge in [0.05, 0.1) is 17.2 Å². The van der Waals surface area contributed by atoms with Crippen LogP contribution in [0.5, 0.6) is 5.75 Å². The normalized spacial score (nSPS) is 9.94. The first-order chi connectivity index (χ1) is 7.65. The van der Waals surface area contributed by atoms with E-state index >= 15 is 0 Å². The SMILES string of the molecule is C=Cc1c(F)c(Cl)cc(CC=O)c1OCC. The van der Waals surface area contributed by atoms with Crippen molar-refractivity contribution in [3.05, 3.63) is 34.6 Å². The van der Waals surface area contributed by atoms with Crippen molar-refractivity contribution in [2.45, 2.75) is 13.3 Å². The lowest BCUT2D eigenvalue weighted by Crippen LogP contribution is -2.02. The first-order valence-corrected chi connectivity index (χ1v) is 5.23. The van der Waals surface area contributed by atoms with Gasteiger partial charge in [-0.2, -0.15) is 0 Å². The van der Waals surface area contributed by atoms with Crippen LogP contribution in [0.3, 0.4) is 0 Å². The molecule has 0 aliphatic heterocycles. The molecule has 4 heteroatoms. The van der Waals surface area contributed by atoms with Crippen LogP contribution in [0.4, 0.5) is 4.39 Å². The highest BCUT2D eigenvalue weighted by Gasteiger charge is 2.16. The molecule has 0 aliphatic carbocycles. The topological polar surface area (TPSA) is 26.3 Å². The molecule has 0 fully saturated rings. The van der Waals surface area contributed by atoms with Gasteiger partial charge in [-0.05, 0) is 13.0 Å². The molecule has 0 amide bonds. The molecule has 16 heavy (non-hydrogen) atoms. The lowest BCUT2D eigenvalue weighted by atomic mass is 10.1. The van der Waals surface area contributed by atoms with Gasteiger partial charge in [0.2, 0.25) is 0 Å². The maximum Gasteiger partial charge on any atom is 0.152 e. The number of benzene rings is 1. The largest absolute Gasteiger partial charge is 0.493 e. The quantitative estimate of drug-likeness (QED) is 0.741. The summed E-state index contributed by atoms with van der Waals surface area (Å²) in [7, 11) is 0. The number of hydrogen-bond acceptors (Lipinski definition) is 2. The smallest absolute Gasteiger partial charge is 0.152 e. The van der Waals surface area contributed by atoms with Crippen LogP contribution in [0.1, 0.15) is 18.1 Å². The Morgan fingerprint density at radius 3 is 2.81 bits per heavy atom. The summed E-state index contributed by atoms with van der Waals surface area (Å²) in [4.78, 5) is 10.5. The third-order valence-electron chi connectivity index (χ3n) is 2.08. The Balaban J connectivity index is 3.41. The third kappa shape index (κ3) is 2.42. The first-order valence-electron chi connectivity index (χ1n) is 4.85. The zero-order chi connectivity index (χ0) is 12.1. The van der Waals surface area contributed by atoms with Crippen LogP contribution in [-0.4, -0.2) is 12.9 Å². The molecule has 0 spiro atoms. The molecule has 1 aromatic rings. The summed E-state index contributed by atoms with van der Waals surface area (Å²) in [6.07, 6.45) is 2.19. The first kappa shape index (κ1) is 12.7. The second kappa shape index (κ2) is 5.66. The zero-order valence-corrected chi connectivity index (χ0v) is 9.68. The highest BCUT2D eigenvalue weighted by molar-refractivity contribution is 6.31. The van der Waals surface area contributed by atoms with Crippen LogP contribution in [0, 0.1) is 5.82 Å². The molecule has 0 aliphatic rings. The molecule has 0 heterocycles. The van der Waals surface area contributed by atoms with Gasteiger partial charge in [0.15, 0.2) is 5.82 Å². The maximum absolute atomic E-state index is 13.6. The Hall–Kier alpha value is -1.35. The van der Waals surface area contributed by atoms with Crippen LogP contribution < -0.4 is 4.74 Å². The van der Waals surface area contributed by atoms with Gasteiger partial charge in [-0.25, -0.2) is 4.39 Å². The van der Waals surface area contributed by atoms with Crippen molar-refractivity contribution in [3.63, 3.8) is 0 Å². The minimum Gasteiger partial charge on any atom is -0.493 e. The van der Waals surface area contributed by atoms with Gasteiger partial charge >= 0.3 is 0 Å². The van der Waals surface area contributed by atoms with Crippen molar-refractivity contribution < 1.29 is 13.9 Å².